The Morgan fingerprint density at radius 1 is 0.821 bits per heavy atom. The second-order valence-corrected chi connectivity index (χ2v) is 6.40. The molecule has 3 aromatic rings. The molecule has 2 atom stereocenters. The van der Waals surface area contributed by atoms with Crippen LogP contribution in [0, 0.1) is 0 Å². The van der Waals surface area contributed by atoms with E-state index in [2.05, 4.69) is 5.32 Å². The van der Waals surface area contributed by atoms with Crippen LogP contribution in [0.5, 0.6) is 11.5 Å². The molecule has 5 heteroatoms. The highest BCUT2D eigenvalue weighted by molar-refractivity contribution is 5.88. The number of carboxylic acid groups (broad SMARTS) is 1. The molecule has 1 amide bonds. The number of ether oxygens (including phenoxy) is 1. The molecule has 0 aromatic heterocycles. The number of carboxylic acids is 1. The van der Waals surface area contributed by atoms with E-state index in [-0.39, 0.29) is 5.91 Å². The maximum absolute atomic E-state index is 12.7. The van der Waals surface area contributed by atoms with Gasteiger partial charge in [0.2, 0.25) is 5.91 Å². The molecule has 3 rings (SSSR count). The van der Waals surface area contributed by atoms with Gasteiger partial charge in [-0.2, -0.15) is 0 Å². The number of rotatable bonds is 7. The van der Waals surface area contributed by atoms with Gasteiger partial charge in [0, 0.05) is 0 Å². The molecule has 0 heterocycles. The number of benzene rings is 3. The van der Waals surface area contributed by atoms with E-state index in [9.17, 15) is 14.7 Å². The molecule has 0 saturated carbocycles. The van der Waals surface area contributed by atoms with Gasteiger partial charge < -0.3 is 15.2 Å². The fraction of sp³-hybridized carbons (Fsp3) is 0.130. The highest BCUT2D eigenvalue weighted by Crippen LogP contribution is 2.26. The minimum absolute atomic E-state index is 0.367. The minimum Gasteiger partial charge on any atom is -0.479 e. The summed E-state index contributed by atoms with van der Waals surface area (Å²) in [6.07, 6.45) is 0. The number of carbonyl (C=O) groups excluding carboxylic acids is 1. The molecule has 1 unspecified atom stereocenters. The molecule has 0 aliphatic carbocycles. The van der Waals surface area contributed by atoms with E-state index in [1.165, 1.54) is 0 Å². The lowest BCUT2D eigenvalue weighted by molar-refractivity contribution is -0.142. The van der Waals surface area contributed by atoms with Crippen molar-refractivity contribution in [2.75, 3.05) is 0 Å². The first kappa shape index (κ1) is 19.2. The second kappa shape index (κ2) is 8.86. The number of hydrogen-bond acceptors (Lipinski definition) is 3. The van der Waals surface area contributed by atoms with Crippen molar-refractivity contribution in [1.29, 1.82) is 0 Å². The van der Waals surface area contributed by atoms with E-state index in [0.29, 0.717) is 17.1 Å². The third kappa shape index (κ3) is 4.76. The summed E-state index contributed by atoms with van der Waals surface area (Å²) in [4.78, 5) is 24.3. The van der Waals surface area contributed by atoms with Crippen molar-refractivity contribution in [3.05, 3.63) is 96.1 Å². The Morgan fingerprint density at radius 3 is 2.04 bits per heavy atom. The van der Waals surface area contributed by atoms with Crippen LogP contribution < -0.4 is 10.1 Å². The van der Waals surface area contributed by atoms with Crippen LogP contribution in [-0.2, 0) is 9.59 Å². The van der Waals surface area contributed by atoms with Gasteiger partial charge in [0.15, 0.2) is 6.04 Å². The van der Waals surface area contributed by atoms with E-state index in [4.69, 9.17) is 4.74 Å². The van der Waals surface area contributed by atoms with Crippen LogP contribution in [0.15, 0.2) is 84.9 Å². The van der Waals surface area contributed by atoms with Gasteiger partial charge in [0.05, 0.1) is 5.92 Å². The number of para-hydroxylation sites is 1. The Kier molecular flexibility index (Phi) is 6.07. The van der Waals surface area contributed by atoms with Crippen molar-refractivity contribution in [3.8, 4) is 11.5 Å². The van der Waals surface area contributed by atoms with Crippen molar-refractivity contribution in [3.63, 3.8) is 0 Å². The average Bonchev–Trinajstić information content (AvgIpc) is 2.72. The topological polar surface area (TPSA) is 75.6 Å². The Morgan fingerprint density at radius 2 is 1.39 bits per heavy atom. The molecule has 0 bridgehead atoms. The zero-order valence-electron chi connectivity index (χ0n) is 15.4. The quantitative estimate of drug-likeness (QED) is 0.636. The summed E-state index contributed by atoms with van der Waals surface area (Å²) in [6.45, 7) is 1.74. The van der Waals surface area contributed by atoms with Gasteiger partial charge in [-0.05, 0) is 42.3 Å². The third-order valence-electron chi connectivity index (χ3n) is 4.40. The van der Waals surface area contributed by atoms with Crippen LogP contribution in [0.2, 0.25) is 0 Å². The molecule has 142 valence electrons. The molecule has 0 spiro atoms. The number of amides is 1. The van der Waals surface area contributed by atoms with Gasteiger partial charge in [-0.1, -0.05) is 60.7 Å². The van der Waals surface area contributed by atoms with Crippen molar-refractivity contribution >= 4 is 11.9 Å². The van der Waals surface area contributed by atoms with Gasteiger partial charge in [-0.15, -0.1) is 0 Å². The zero-order valence-corrected chi connectivity index (χ0v) is 15.4. The summed E-state index contributed by atoms with van der Waals surface area (Å²) in [5.41, 5.74) is 1.26. The largest absolute Gasteiger partial charge is 0.479 e. The van der Waals surface area contributed by atoms with Crippen molar-refractivity contribution in [1.82, 2.24) is 5.32 Å². The summed E-state index contributed by atoms with van der Waals surface area (Å²) in [6, 6.07) is 24.1. The number of carbonyl (C=O) groups is 2. The van der Waals surface area contributed by atoms with Gasteiger partial charge in [-0.3, -0.25) is 4.79 Å². The van der Waals surface area contributed by atoms with Gasteiger partial charge in [0.25, 0.3) is 0 Å². The summed E-state index contributed by atoms with van der Waals surface area (Å²) >= 11 is 0. The maximum Gasteiger partial charge on any atom is 0.330 e. The van der Waals surface area contributed by atoms with Crippen LogP contribution in [0.3, 0.4) is 0 Å². The molecule has 28 heavy (non-hydrogen) atoms. The highest BCUT2D eigenvalue weighted by atomic mass is 16.5. The van der Waals surface area contributed by atoms with E-state index in [0.717, 1.165) is 5.56 Å². The molecule has 0 saturated heterocycles. The predicted octanol–water partition coefficient (Wildman–Crippen LogP) is 4.52. The van der Waals surface area contributed by atoms with E-state index < -0.39 is 17.9 Å². The van der Waals surface area contributed by atoms with Crippen LogP contribution >= 0.6 is 0 Å². The van der Waals surface area contributed by atoms with Crippen molar-refractivity contribution in [2.24, 2.45) is 0 Å². The zero-order chi connectivity index (χ0) is 19.9. The number of hydrogen-bond donors (Lipinski definition) is 2. The lowest BCUT2D eigenvalue weighted by Gasteiger charge is -2.19. The summed E-state index contributed by atoms with van der Waals surface area (Å²) in [5, 5.41) is 12.1. The molecule has 0 radical (unpaired) electrons. The van der Waals surface area contributed by atoms with E-state index >= 15 is 0 Å². The first-order chi connectivity index (χ1) is 13.5. The first-order valence-corrected chi connectivity index (χ1v) is 8.95. The van der Waals surface area contributed by atoms with E-state index in [1.54, 1.807) is 43.3 Å². The number of aliphatic carboxylic acids is 1. The van der Waals surface area contributed by atoms with E-state index in [1.807, 2.05) is 48.5 Å². The monoisotopic (exact) mass is 375 g/mol. The van der Waals surface area contributed by atoms with Crippen LogP contribution in [0.4, 0.5) is 0 Å². The maximum atomic E-state index is 12.7. The van der Waals surface area contributed by atoms with Crippen LogP contribution in [0.1, 0.15) is 30.0 Å². The highest BCUT2D eigenvalue weighted by Gasteiger charge is 2.25. The Labute approximate surface area is 163 Å². The average molecular weight is 375 g/mol. The van der Waals surface area contributed by atoms with Gasteiger partial charge in [0.1, 0.15) is 11.5 Å². The van der Waals surface area contributed by atoms with Crippen molar-refractivity contribution < 1.29 is 19.4 Å². The standard InChI is InChI=1S/C23H21NO4/c1-16(22(25)24-21(23(26)27)17-9-4-2-5-10-17)18-11-8-14-20(15-18)28-19-12-6-3-7-13-19/h2-16,21H,1H3,(H,24,25)(H,26,27)/t16?,21-/m1/s1. The van der Waals surface area contributed by atoms with Gasteiger partial charge in [-0.25, -0.2) is 4.79 Å². The molecule has 5 nitrogen and oxygen atoms in total. The Hall–Kier alpha value is -3.60. The molecule has 0 aliphatic heterocycles. The molecule has 0 fully saturated rings. The van der Waals surface area contributed by atoms with Crippen LogP contribution in [0.25, 0.3) is 0 Å². The summed E-state index contributed by atoms with van der Waals surface area (Å²) in [7, 11) is 0. The normalized spacial score (nSPS) is 12.6. The lowest BCUT2D eigenvalue weighted by atomic mass is 9.98. The third-order valence-corrected chi connectivity index (χ3v) is 4.40. The molecular weight excluding hydrogens is 354 g/mol. The summed E-state index contributed by atoms with van der Waals surface area (Å²) < 4.78 is 5.81. The predicted molar refractivity (Wildman–Crippen MR) is 106 cm³/mol. The Bertz CT molecular complexity index is 941. The SMILES string of the molecule is CC(C(=O)N[C@@H](C(=O)O)c1ccccc1)c1cccc(Oc2ccccc2)c1. The minimum atomic E-state index is -1.10. The summed E-state index contributed by atoms with van der Waals surface area (Å²) in [5.74, 6) is -0.695. The van der Waals surface area contributed by atoms with Gasteiger partial charge >= 0.3 is 5.97 Å². The molecule has 2 N–H and O–H groups in total. The van der Waals surface area contributed by atoms with Crippen molar-refractivity contribution in [2.45, 2.75) is 18.9 Å². The first-order valence-electron chi connectivity index (χ1n) is 8.95. The van der Waals surface area contributed by atoms with Crippen LogP contribution in [-0.4, -0.2) is 17.0 Å². The Balaban J connectivity index is 1.74. The fourth-order valence-electron chi connectivity index (χ4n) is 2.82. The molecular formula is C23H21NO4. The molecule has 3 aromatic carbocycles. The fourth-order valence-corrected chi connectivity index (χ4v) is 2.82. The number of nitrogens with one attached hydrogen (secondary N) is 1. The lowest BCUT2D eigenvalue weighted by Crippen LogP contribution is -2.36. The smallest absolute Gasteiger partial charge is 0.330 e. The second-order valence-electron chi connectivity index (χ2n) is 6.40. The molecule has 0 aliphatic rings.